The second kappa shape index (κ2) is 6.97. The average Bonchev–Trinajstić information content (AvgIpc) is 2.35. The highest BCUT2D eigenvalue weighted by Crippen LogP contribution is 2.37. The van der Waals surface area contributed by atoms with Gasteiger partial charge in [0.25, 0.3) is 0 Å². The SMILES string of the molecule is C=C(C)CCOc1ccc(/C=C/C(=O)O)cc1C(F)(F)F. The molecule has 1 aromatic rings. The van der Waals surface area contributed by atoms with Crippen LogP contribution < -0.4 is 4.74 Å². The quantitative estimate of drug-likeness (QED) is 0.634. The van der Waals surface area contributed by atoms with E-state index in [2.05, 4.69) is 6.58 Å². The molecule has 0 fully saturated rings. The summed E-state index contributed by atoms with van der Waals surface area (Å²) in [7, 11) is 0. The Morgan fingerprint density at radius 2 is 2.10 bits per heavy atom. The van der Waals surface area contributed by atoms with Crippen LogP contribution in [0.25, 0.3) is 6.08 Å². The topological polar surface area (TPSA) is 46.5 Å². The van der Waals surface area contributed by atoms with E-state index in [1.165, 1.54) is 12.1 Å². The first-order valence-corrected chi connectivity index (χ1v) is 6.09. The van der Waals surface area contributed by atoms with Crippen molar-refractivity contribution in [2.24, 2.45) is 0 Å². The van der Waals surface area contributed by atoms with Crippen LogP contribution in [0.4, 0.5) is 13.2 Å². The van der Waals surface area contributed by atoms with Gasteiger partial charge in [0, 0.05) is 12.5 Å². The van der Waals surface area contributed by atoms with Crippen molar-refractivity contribution in [2.75, 3.05) is 6.61 Å². The lowest BCUT2D eigenvalue weighted by Gasteiger charge is -2.14. The van der Waals surface area contributed by atoms with Crippen molar-refractivity contribution in [1.82, 2.24) is 0 Å². The van der Waals surface area contributed by atoms with E-state index in [0.717, 1.165) is 23.8 Å². The molecule has 0 spiro atoms. The molecule has 114 valence electrons. The highest BCUT2D eigenvalue weighted by atomic mass is 19.4. The number of rotatable bonds is 6. The van der Waals surface area contributed by atoms with E-state index in [9.17, 15) is 18.0 Å². The summed E-state index contributed by atoms with van der Waals surface area (Å²) in [5.41, 5.74) is 0.0123. The fourth-order valence-electron chi connectivity index (χ4n) is 1.50. The van der Waals surface area contributed by atoms with Crippen LogP contribution in [0, 0.1) is 0 Å². The molecule has 0 bridgehead atoms. The zero-order valence-corrected chi connectivity index (χ0v) is 11.4. The number of halogens is 3. The Bertz CT molecular complexity index is 560. The zero-order chi connectivity index (χ0) is 16.0. The normalized spacial score (nSPS) is 11.6. The Kier molecular flexibility index (Phi) is 5.58. The molecule has 6 heteroatoms. The fraction of sp³-hybridized carbons (Fsp3) is 0.267. The lowest BCUT2D eigenvalue weighted by atomic mass is 10.1. The lowest BCUT2D eigenvalue weighted by molar-refractivity contribution is -0.139. The number of carbonyl (C=O) groups is 1. The molecule has 3 nitrogen and oxygen atoms in total. The Balaban J connectivity index is 3.02. The number of benzene rings is 1. The van der Waals surface area contributed by atoms with Gasteiger partial charge in [0.05, 0.1) is 12.2 Å². The fourth-order valence-corrected chi connectivity index (χ4v) is 1.50. The molecule has 1 aromatic carbocycles. The van der Waals surface area contributed by atoms with Crippen molar-refractivity contribution in [3.63, 3.8) is 0 Å². The smallest absolute Gasteiger partial charge is 0.419 e. The summed E-state index contributed by atoms with van der Waals surface area (Å²) in [4.78, 5) is 10.4. The van der Waals surface area contributed by atoms with Crippen molar-refractivity contribution in [3.8, 4) is 5.75 Å². The molecule has 0 saturated heterocycles. The second-order valence-corrected chi connectivity index (χ2v) is 4.48. The number of aliphatic carboxylic acids is 1. The summed E-state index contributed by atoms with van der Waals surface area (Å²) in [5.74, 6) is -1.51. The first kappa shape index (κ1) is 16.8. The third-order valence-electron chi connectivity index (χ3n) is 2.51. The Morgan fingerprint density at radius 3 is 2.62 bits per heavy atom. The first-order chi connectivity index (χ1) is 9.70. The second-order valence-electron chi connectivity index (χ2n) is 4.48. The molecule has 0 aromatic heterocycles. The van der Waals surface area contributed by atoms with Gasteiger partial charge in [0.1, 0.15) is 5.75 Å². The third kappa shape index (κ3) is 5.72. The van der Waals surface area contributed by atoms with E-state index in [1.54, 1.807) is 6.92 Å². The van der Waals surface area contributed by atoms with Gasteiger partial charge in [-0.15, -0.1) is 6.58 Å². The Morgan fingerprint density at radius 1 is 1.43 bits per heavy atom. The van der Waals surface area contributed by atoms with Gasteiger partial charge in [-0.3, -0.25) is 0 Å². The van der Waals surface area contributed by atoms with Crippen molar-refractivity contribution >= 4 is 12.0 Å². The van der Waals surface area contributed by atoms with Crippen LogP contribution in [0.3, 0.4) is 0 Å². The van der Waals surface area contributed by atoms with E-state index in [0.29, 0.717) is 6.42 Å². The molecule has 1 rings (SSSR count). The van der Waals surface area contributed by atoms with Gasteiger partial charge < -0.3 is 9.84 Å². The van der Waals surface area contributed by atoms with E-state index >= 15 is 0 Å². The summed E-state index contributed by atoms with van der Waals surface area (Å²) < 4.78 is 44.1. The van der Waals surface area contributed by atoms with Crippen LogP contribution in [-0.2, 0) is 11.0 Å². The van der Waals surface area contributed by atoms with Gasteiger partial charge >= 0.3 is 12.1 Å². The molecule has 0 atom stereocenters. The molecule has 0 saturated carbocycles. The molecular weight excluding hydrogens is 285 g/mol. The van der Waals surface area contributed by atoms with Crippen LogP contribution in [0.2, 0.25) is 0 Å². The molecule has 1 N–H and O–H groups in total. The van der Waals surface area contributed by atoms with Crippen LogP contribution in [0.5, 0.6) is 5.75 Å². The summed E-state index contributed by atoms with van der Waals surface area (Å²) in [6.45, 7) is 5.50. The molecule has 0 aliphatic carbocycles. The maximum absolute atomic E-state index is 13.0. The van der Waals surface area contributed by atoms with E-state index < -0.39 is 17.7 Å². The summed E-state index contributed by atoms with van der Waals surface area (Å²) in [6.07, 6.45) is -2.25. The minimum absolute atomic E-state index is 0.0999. The van der Waals surface area contributed by atoms with Crippen molar-refractivity contribution in [2.45, 2.75) is 19.5 Å². The molecule has 0 radical (unpaired) electrons. The van der Waals surface area contributed by atoms with E-state index in [-0.39, 0.29) is 17.9 Å². The number of hydrogen-bond acceptors (Lipinski definition) is 2. The van der Waals surface area contributed by atoms with Gasteiger partial charge in [0.2, 0.25) is 0 Å². The van der Waals surface area contributed by atoms with Crippen LogP contribution in [0.15, 0.2) is 36.4 Å². The molecular formula is C15H15F3O3. The third-order valence-corrected chi connectivity index (χ3v) is 2.51. The number of carboxylic acid groups (broad SMARTS) is 1. The van der Waals surface area contributed by atoms with E-state index in [4.69, 9.17) is 9.84 Å². The van der Waals surface area contributed by atoms with Crippen molar-refractivity contribution in [1.29, 1.82) is 0 Å². The van der Waals surface area contributed by atoms with Crippen molar-refractivity contribution < 1.29 is 27.8 Å². The number of alkyl halides is 3. The minimum Gasteiger partial charge on any atom is -0.493 e. The summed E-state index contributed by atoms with van der Waals surface area (Å²) in [6, 6.07) is 3.41. The summed E-state index contributed by atoms with van der Waals surface area (Å²) >= 11 is 0. The van der Waals surface area contributed by atoms with Crippen LogP contribution in [0.1, 0.15) is 24.5 Å². The number of ether oxygens (including phenoxy) is 1. The van der Waals surface area contributed by atoms with Crippen LogP contribution >= 0.6 is 0 Å². The largest absolute Gasteiger partial charge is 0.493 e. The molecule has 0 aliphatic heterocycles. The Labute approximate surface area is 120 Å². The van der Waals surface area contributed by atoms with Gasteiger partial charge in [-0.25, -0.2) is 4.79 Å². The van der Waals surface area contributed by atoms with Gasteiger partial charge in [0.15, 0.2) is 0 Å². The van der Waals surface area contributed by atoms with Crippen LogP contribution in [-0.4, -0.2) is 17.7 Å². The number of hydrogen-bond donors (Lipinski definition) is 1. The van der Waals surface area contributed by atoms with Gasteiger partial charge in [-0.05, 0) is 30.7 Å². The van der Waals surface area contributed by atoms with Gasteiger partial charge in [-0.1, -0.05) is 11.6 Å². The molecule has 0 heterocycles. The predicted molar refractivity (Wildman–Crippen MR) is 73.0 cm³/mol. The Hall–Kier alpha value is -2.24. The van der Waals surface area contributed by atoms with Gasteiger partial charge in [-0.2, -0.15) is 13.2 Å². The molecule has 0 unspecified atom stereocenters. The maximum atomic E-state index is 13.0. The monoisotopic (exact) mass is 300 g/mol. The van der Waals surface area contributed by atoms with Crippen molar-refractivity contribution in [3.05, 3.63) is 47.6 Å². The average molecular weight is 300 g/mol. The maximum Gasteiger partial charge on any atom is 0.419 e. The number of carboxylic acids is 1. The van der Waals surface area contributed by atoms with E-state index in [1.807, 2.05) is 0 Å². The minimum atomic E-state index is -4.58. The molecule has 0 aliphatic rings. The molecule has 21 heavy (non-hydrogen) atoms. The predicted octanol–water partition coefficient (Wildman–Crippen LogP) is 4.15. The lowest BCUT2D eigenvalue weighted by Crippen LogP contribution is -2.10. The highest BCUT2D eigenvalue weighted by molar-refractivity contribution is 5.85. The zero-order valence-electron chi connectivity index (χ0n) is 11.4. The summed E-state index contributed by atoms with van der Waals surface area (Å²) in [5, 5.41) is 8.48. The standard InChI is InChI=1S/C15H15F3O3/c1-10(2)7-8-21-13-5-3-11(4-6-14(19)20)9-12(13)15(16,17)18/h3-6,9H,1,7-8H2,2H3,(H,19,20)/b6-4+. The highest BCUT2D eigenvalue weighted by Gasteiger charge is 2.34. The molecule has 0 amide bonds. The first-order valence-electron chi connectivity index (χ1n) is 6.09.